The molecule has 3 aromatic rings. The number of aryl methyl sites for hydroxylation is 1. The highest BCUT2D eigenvalue weighted by atomic mass is 35.5. The van der Waals surface area contributed by atoms with E-state index in [1.807, 2.05) is 25.1 Å². The molecule has 1 amide bonds. The van der Waals surface area contributed by atoms with E-state index in [4.69, 9.17) is 11.6 Å². The van der Waals surface area contributed by atoms with Crippen molar-refractivity contribution < 1.29 is 4.79 Å². The van der Waals surface area contributed by atoms with Gasteiger partial charge < -0.3 is 10.6 Å². The Morgan fingerprint density at radius 3 is 2.74 bits per heavy atom. The molecule has 0 aliphatic heterocycles. The van der Waals surface area contributed by atoms with E-state index in [2.05, 4.69) is 25.6 Å². The lowest BCUT2D eigenvalue weighted by Gasteiger charge is -2.19. The average molecular weight is 400 g/mol. The van der Waals surface area contributed by atoms with Gasteiger partial charge in [-0.25, -0.2) is 9.97 Å². The molecule has 1 aliphatic rings. The predicted octanol–water partition coefficient (Wildman–Crippen LogP) is 4.52. The summed E-state index contributed by atoms with van der Waals surface area (Å²) in [6.07, 6.45) is 7.29. The first kappa shape index (κ1) is 17.9. The van der Waals surface area contributed by atoms with Crippen LogP contribution in [0.4, 0.5) is 11.5 Å². The zero-order chi connectivity index (χ0) is 18.8. The molecule has 27 heavy (non-hydrogen) atoms. The first-order valence-corrected chi connectivity index (χ1v) is 9.91. The van der Waals surface area contributed by atoms with Crippen LogP contribution in [0.1, 0.15) is 39.9 Å². The van der Waals surface area contributed by atoms with Crippen LogP contribution in [0.3, 0.4) is 0 Å². The van der Waals surface area contributed by atoms with Gasteiger partial charge in [-0.15, -0.1) is 11.3 Å². The van der Waals surface area contributed by atoms with E-state index in [0.717, 1.165) is 29.8 Å². The van der Waals surface area contributed by atoms with Gasteiger partial charge in [0.25, 0.3) is 5.91 Å². The maximum atomic E-state index is 12.4. The van der Waals surface area contributed by atoms with E-state index in [0.29, 0.717) is 21.8 Å². The minimum atomic E-state index is -0.161. The van der Waals surface area contributed by atoms with Gasteiger partial charge in [0.15, 0.2) is 5.01 Å². The Morgan fingerprint density at radius 1 is 1.26 bits per heavy atom. The Labute approximate surface area is 166 Å². The van der Waals surface area contributed by atoms with Crippen LogP contribution in [0.2, 0.25) is 5.02 Å². The van der Waals surface area contributed by atoms with Crippen LogP contribution >= 0.6 is 22.9 Å². The topological polar surface area (TPSA) is 79.8 Å². The zero-order valence-electron chi connectivity index (χ0n) is 14.6. The average Bonchev–Trinajstić information content (AvgIpc) is 3.35. The van der Waals surface area contributed by atoms with E-state index in [1.165, 1.54) is 11.3 Å². The van der Waals surface area contributed by atoms with Gasteiger partial charge in [-0.05, 0) is 49.4 Å². The van der Waals surface area contributed by atoms with E-state index >= 15 is 0 Å². The SMILES string of the molecule is Cc1ccc(Nc2ncc([C@H](NC(=O)c3nccs3)C3CC3)cc2Cl)cn1. The molecular weight excluding hydrogens is 382 g/mol. The Balaban J connectivity index is 1.52. The first-order valence-electron chi connectivity index (χ1n) is 8.65. The molecular formula is C19H18ClN5OS. The summed E-state index contributed by atoms with van der Waals surface area (Å²) in [5.74, 6) is 0.810. The van der Waals surface area contributed by atoms with Crippen molar-refractivity contribution in [2.75, 3.05) is 5.32 Å². The van der Waals surface area contributed by atoms with Crippen molar-refractivity contribution in [3.05, 3.63) is 63.5 Å². The highest BCUT2D eigenvalue weighted by Gasteiger charge is 2.34. The number of carbonyl (C=O) groups is 1. The summed E-state index contributed by atoms with van der Waals surface area (Å²) >= 11 is 7.77. The van der Waals surface area contributed by atoms with Crippen molar-refractivity contribution in [3.63, 3.8) is 0 Å². The molecule has 0 spiro atoms. The Morgan fingerprint density at radius 2 is 2.11 bits per heavy atom. The number of rotatable bonds is 6. The smallest absolute Gasteiger partial charge is 0.280 e. The molecule has 0 unspecified atom stereocenters. The minimum Gasteiger partial charge on any atom is -0.343 e. The van der Waals surface area contributed by atoms with Gasteiger partial charge in [-0.3, -0.25) is 9.78 Å². The lowest BCUT2D eigenvalue weighted by Crippen LogP contribution is -2.30. The number of hydrogen-bond donors (Lipinski definition) is 2. The van der Waals surface area contributed by atoms with Crippen LogP contribution < -0.4 is 10.6 Å². The summed E-state index contributed by atoms with van der Waals surface area (Å²) in [6.45, 7) is 1.93. The summed E-state index contributed by atoms with van der Waals surface area (Å²) in [5.41, 5.74) is 2.66. The Bertz CT molecular complexity index is 941. The van der Waals surface area contributed by atoms with Crippen LogP contribution in [0.15, 0.2) is 42.2 Å². The van der Waals surface area contributed by atoms with Crippen molar-refractivity contribution in [1.82, 2.24) is 20.3 Å². The fraction of sp³-hybridized carbons (Fsp3) is 0.263. The number of carbonyl (C=O) groups excluding carboxylic acids is 1. The molecule has 1 saturated carbocycles. The van der Waals surface area contributed by atoms with Gasteiger partial charge in [0.1, 0.15) is 5.82 Å². The highest BCUT2D eigenvalue weighted by Crippen LogP contribution is 2.42. The number of nitrogens with one attached hydrogen (secondary N) is 2. The summed E-state index contributed by atoms with van der Waals surface area (Å²) in [7, 11) is 0. The van der Waals surface area contributed by atoms with Gasteiger partial charge in [-0.2, -0.15) is 0 Å². The number of pyridine rings is 2. The number of thiazole rings is 1. The molecule has 6 nitrogen and oxygen atoms in total. The molecule has 1 atom stereocenters. The lowest BCUT2D eigenvalue weighted by atomic mass is 10.0. The van der Waals surface area contributed by atoms with Gasteiger partial charge in [-0.1, -0.05) is 11.6 Å². The predicted molar refractivity (Wildman–Crippen MR) is 107 cm³/mol. The number of aromatic nitrogens is 3. The van der Waals surface area contributed by atoms with Crippen LogP contribution in [0.25, 0.3) is 0 Å². The third-order valence-electron chi connectivity index (χ3n) is 4.40. The molecule has 0 bridgehead atoms. The van der Waals surface area contributed by atoms with Crippen molar-refractivity contribution in [2.45, 2.75) is 25.8 Å². The molecule has 8 heteroatoms. The van der Waals surface area contributed by atoms with Crippen molar-refractivity contribution in [2.24, 2.45) is 5.92 Å². The third-order valence-corrected chi connectivity index (χ3v) is 5.46. The number of hydrogen-bond acceptors (Lipinski definition) is 6. The van der Waals surface area contributed by atoms with Crippen LogP contribution in [0, 0.1) is 12.8 Å². The second-order valence-corrected chi connectivity index (χ2v) is 7.84. The number of amides is 1. The quantitative estimate of drug-likeness (QED) is 0.637. The maximum Gasteiger partial charge on any atom is 0.280 e. The molecule has 0 aromatic carbocycles. The highest BCUT2D eigenvalue weighted by molar-refractivity contribution is 7.11. The fourth-order valence-electron chi connectivity index (χ4n) is 2.83. The summed E-state index contributed by atoms with van der Waals surface area (Å²) in [4.78, 5) is 25.2. The van der Waals surface area contributed by atoms with Crippen LogP contribution in [-0.4, -0.2) is 20.9 Å². The summed E-state index contributed by atoms with van der Waals surface area (Å²) in [6, 6.07) is 5.60. The van der Waals surface area contributed by atoms with Crippen molar-refractivity contribution in [1.29, 1.82) is 0 Å². The van der Waals surface area contributed by atoms with Gasteiger partial charge in [0.05, 0.1) is 22.9 Å². The van der Waals surface area contributed by atoms with Gasteiger partial charge in [0, 0.05) is 23.5 Å². The molecule has 3 aromatic heterocycles. The van der Waals surface area contributed by atoms with Gasteiger partial charge >= 0.3 is 0 Å². The standard InChI is InChI=1S/C19H18ClN5OS/c1-11-2-5-14(10-22-11)24-17-15(20)8-13(9-23-17)16(12-3-4-12)25-18(26)19-21-6-7-27-19/h2,5-10,12,16H,3-4H2,1H3,(H,23,24)(H,25,26)/t16-/m1/s1. The second kappa shape index (κ2) is 7.62. The van der Waals surface area contributed by atoms with E-state index < -0.39 is 0 Å². The molecule has 4 rings (SSSR count). The van der Waals surface area contributed by atoms with Crippen molar-refractivity contribution >= 4 is 40.4 Å². The summed E-state index contributed by atoms with van der Waals surface area (Å²) in [5, 5.41) is 9.01. The molecule has 2 N–H and O–H groups in total. The normalized spacial score (nSPS) is 14.6. The van der Waals surface area contributed by atoms with Crippen molar-refractivity contribution in [3.8, 4) is 0 Å². The molecule has 3 heterocycles. The van der Waals surface area contributed by atoms with Crippen LogP contribution in [-0.2, 0) is 0 Å². The second-order valence-electron chi connectivity index (χ2n) is 6.54. The van der Waals surface area contributed by atoms with E-state index in [-0.39, 0.29) is 11.9 Å². The number of halogens is 1. The molecule has 1 fully saturated rings. The Kier molecular flexibility index (Phi) is 5.05. The van der Waals surface area contributed by atoms with Crippen LogP contribution in [0.5, 0.6) is 0 Å². The largest absolute Gasteiger partial charge is 0.343 e. The van der Waals surface area contributed by atoms with Gasteiger partial charge in [0.2, 0.25) is 0 Å². The van der Waals surface area contributed by atoms with E-state index in [9.17, 15) is 4.79 Å². The first-order chi connectivity index (χ1) is 13.1. The maximum absolute atomic E-state index is 12.4. The minimum absolute atomic E-state index is 0.110. The Hall–Kier alpha value is -2.51. The number of nitrogens with zero attached hydrogens (tertiary/aromatic N) is 3. The molecule has 1 aliphatic carbocycles. The van der Waals surface area contributed by atoms with E-state index in [1.54, 1.807) is 24.0 Å². The molecule has 0 radical (unpaired) electrons. The third kappa shape index (κ3) is 4.26. The fourth-order valence-corrected chi connectivity index (χ4v) is 3.60. The number of anilines is 2. The summed E-state index contributed by atoms with van der Waals surface area (Å²) < 4.78 is 0. The molecule has 138 valence electrons. The lowest BCUT2D eigenvalue weighted by molar-refractivity contribution is 0.0931. The monoisotopic (exact) mass is 399 g/mol. The zero-order valence-corrected chi connectivity index (χ0v) is 16.2. The molecule has 0 saturated heterocycles.